The highest BCUT2D eigenvalue weighted by Gasteiger charge is 2.63. The van der Waals surface area contributed by atoms with E-state index in [-0.39, 0.29) is 24.3 Å². The van der Waals surface area contributed by atoms with Crippen molar-refractivity contribution in [2.75, 3.05) is 13.2 Å². The molecule has 2 amide bonds. The van der Waals surface area contributed by atoms with Gasteiger partial charge in [0.15, 0.2) is 0 Å². The number of alkyl carbamates (subject to hydrolysis) is 1. The predicted molar refractivity (Wildman–Crippen MR) is 112 cm³/mol. The van der Waals surface area contributed by atoms with Crippen LogP contribution >= 0.6 is 0 Å². The van der Waals surface area contributed by atoms with Crippen molar-refractivity contribution in [3.05, 3.63) is 59.7 Å². The van der Waals surface area contributed by atoms with Gasteiger partial charge in [0.1, 0.15) is 18.2 Å². The number of carbonyl (C=O) groups excluding carboxylic acids is 2. The minimum atomic E-state index is -1.10. The third-order valence-electron chi connectivity index (χ3n) is 6.92. The summed E-state index contributed by atoms with van der Waals surface area (Å²) in [6.07, 6.45) is 0.302. The lowest BCUT2D eigenvalue weighted by atomic mass is 9.73. The zero-order valence-corrected chi connectivity index (χ0v) is 17.2. The van der Waals surface area contributed by atoms with Crippen molar-refractivity contribution in [2.45, 2.75) is 37.3 Å². The molecule has 6 rings (SSSR count). The molecule has 0 unspecified atom stereocenters. The Morgan fingerprint density at radius 2 is 1.68 bits per heavy atom. The summed E-state index contributed by atoms with van der Waals surface area (Å²) < 4.78 is 5.50. The van der Waals surface area contributed by atoms with Crippen molar-refractivity contribution in [1.29, 1.82) is 0 Å². The average molecular weight is 420 g/mol. The van der Waals surface area contributed by atoms with Gasteiger partial charge in [-0.1, -0.05) is 48.5 Å². The van der Waals surface area contributed by atoms with Crippen molar-refractivity contribution in [1.82, 2.24) is 10.2 Å². The highest BCUT2D eigenvalue weighted by atomic mass is 16.5. The van der Waals surface area contributed by atoms with Gasteiger partial charge >= 0.3 is 12.1 Å². The van der Waals surface area contributed by atoms with Crippen LogP contribution < -0.4 is 5.32 Å². The maximum Gasteiger partial charge on any atom is 0.407 e. The topological polar surface area (TPSA) is 95.9 Å². The summed E-state index contributed by atoms with van der Waals surface area (Å²) in [7, 11) is 0. The molecule has 1 saturated carbocycles. The first-order valence-electron chi connectivity index (χ1n) is 10.6. The molecule has 160 valence electrons. The zero-order valence-electron chi connectivity index (χ0n) is 17.2. The average Bonchev–Trinajstić information content (AvgIpc) is 3.40. The molecule has 2 saturated heterocycles. The van der Waals surface area contributed by atoms with Gasteiger partial charge in [-0.2, -0.15) is 0 Å². The molecule has 1 atom stereocenters. The summed E-state index contributed by atoms with van der Waals surface area (Å²) in [5, 5.41) is 12.1. The first kappa shape index (κ1) is 19.6. The van der Waals surface area contributed by atoms with Crippen LogP contribution in [0.4, 0.5) is 4.79 Å². The smallest absolute Gasteiger partial charge is 0.407 e. The largest absolute Gasteiger partial charge is 0.479 e. The van der Waals surface area contributed by atoms with E-state index >= 15 is 0 Å². The molecule has 7 heteroatoms. The summed E-state index contributed by atoms with van der Waals surface area (Å²) in [6, 6.07) is 15.3. The quantitative estimate of drug-likeness (QED) is 0.775. The minimum absolute atomic E-state index is 0.0646. The molecule has 2 aliphatic carbocycles. The van der Waals surface area contributed by atoms with Crippen molar-refractivity contribution in [2.24, 2.45) is 5.92 Å². The second-order valence-corrected chi connectivity index (χ2v) is 8.75. The van der Waals surface area contributed by atoms with Crippen LogP contribution in [0.15, 0.2) is 48.5 Å². The van der Waals surface area contributed by atoms with Gasteiger partial charge in [-0.25, -0.2) is 9.59 Å². The lowest BCUT2D eigenvalue weighted by molar-refractivity contribution is -0.159. The van der Waals surface area contributed by atoms with Gasteiger partial charge in [-0.15, -0.1) is 0 Å². The molecule has 7 nitrogen and oxygen atoms in total. The predicted octanol–water partition coefficient (Wildman–Crippen LogP) is 2.99. The summed E-state index contributed by atoms with van der Waals surface area (Å²) in [5.74, 6) is -1.18. The van der Waals surface area contributed by atoms with Crippen molar-refractivity contribution >= 4 is 18.0 Å². The molecule has 0 aromatic heterocycles. The molecule has 2 aromatic carbocycles. The van der Waals surface area contributed by atoms with Crippen LogP contribution in [0.1, 0.15) is 36.8 Å². The molecule has 2 aromatic rings. The van der Waals surface area contributed by atoms with Gasteiger partial charge < -0.3 is 20.1 Å². The minimum Gasteiger partial charge on any atom is -0.479 e. The van der Waals surface area contributed by atoms with Crippen LogP contribution in [0, 0.1) is 5.92 Å². The van der Waals surface area contributed by atoms with E-state index in [1.165, 1.54) is 4.90 Å². The molecule has 31 heavy (non-hydrogen) atoms. The molecular weight excluding hydrogens is 396 g/mol. The number of carboxylic acid groups (broad SMARTS) is 1. The second kappa shape index (κ2) is 7.11. The SMILES string of the molecule is C[C@@H](NC(=O)OCC1c2ccccc2-c2ccccc21)C(=O)N1CC2CC1(C(=O)O)C2. The zero-order chi connectivity index (χ0) is 21.8. The normalized spacial score (nSPS) is 24.0. The Morgan fingerprint density at radius 1 is 1.10 bits per heavy atom. The number of rotatable bonds is 5. The van der Waals surface area contributed by atoms with Crippen LogP contribution in [0.25, 0.3) is 11.1 Å². The second-order valence-electron chi connectivity index (χ2n) is 8.75. The van der Waals surface area contributed by atoms with Gasteiger partial charge in [0.25, 0.3) is 0 Å². The number of aliphatic carboxylic acids is 1. The number of benzene rings is 2. The van der Waals surface area contributed by atoms with E-state index in [1.807, 2.05) is 36.4 Å². The van der Waals surface area contributed by atoms with E-state index in [9.17, 15) is 19.5 Å². The van der Waals surface area contributed by atoms with E-state index in [1.54, 1.807) is 6.92 Å². The van der Waals surface area contributed by atoms with Crippen molar-refractivity contribution in [3.63, 3.8) is 0 Å². The standard InChI is InChI=1S/C24H24N2O5/c1-14(21(27)26-12-15-10-24(26,11-15)22(28)29)25-23(30)31-13-20-18-8-4-2-6-16(18)17-7-3-5-9-19(17)20/h2-9,14-15,20H,10-13H2,1H3,(H,25,30)(H,28,29)/t14-,15?,24?/m1/s1. The number of nitrogens with one attached hydrogen (secondary N) is 1. The number of fused-ring (bicyclic) bond motifs is 4. The fourth-order valence-electron chi connectivity index (χ4n) is 5.38. The van der Waals surface area contributed by atoms with Gasteiger partial charge in [-0.3, -0.25) is 4.79 Å². The lowest BCUT2D eigenvalue weighted by Crippen LogP contribution is -2.58. The van der Waals surface area contributed by atoms with E-state index in [0.29, 0.717) is 19.4 Å². The maximum atomic E-state index is 12.8. The Balaban J connectivity index is 1.23. The fourth-order valence-corrected chi connectivity index (χ4v) is 5.38. The fraction of sp³-hybridized carbons (Fsp3) is 0.375. The Kier molecular flexibility index (Phi) is 4.50. The Morgan fingerprint density at radius 3 is 2.26 bits per heavy atom. The summed E-state index contributed by atoms with van der Waals surface area (Å²) in [6.45, 7) is 2.16. The summed E-state index contributed by atoms with van der Waals surface area (Å²) in [4.78, 5) is 38.3. The number of hydrogen-bond acceptors (Lipinski definition) is 4. The molecule has 2 aliphatic heterocycles. The number of carboxylic acids is 1. The van der Waals surface area contributed by atoms with Crippen LogP contribution in [-0.4, -0.2) is 52.7 Å². The third-order valence-corrected chi connectivity index (χ3v) is 6.92. The van der Waals surface area contributed by atoms with E-state index in [2.05, 4.69) is 17.4 Å². The third kappa shape index (κ3) is 2.99. The number of ether oxygens (including phenoxy) is 1. The number of amides is 2. The molecule has 2 N–H and O–H groups in total. The van der Waals surface area contributed by atoms with E-state index in [4.69, 9.17) is 4.74 Å². The van der Waals surface area contributed by atoms with Crippen LogP contribution in [-0.2, 0) is 14.3 Å². The van der Waals surface area contributed by atoms with Gasteiger partial charge in [-0.05, 0) is 47.9 Å². The molecule has 0 spiro atoms. The van der Waals surface area contributed by atoms with Gasteiger partial charge in [0.2, 0.25) is 5.91 Å². The molecule has 4 aliphatic rings. The summed E-state index contributed by atoms with van der Waals surface area (Å²) >= 11 is 0. The summed E-state index contributed by atoms with van der Waals surface area (Å²) in [5.41, 5.74) is 3.41. The molecule has 2 bridgehead atoms. The van der Waals surface area contributed by atoms with Crippen LogP contribution in [0.3, 0.4) is 0 Å². The molecule has 0 radical (unpaired) electrons. The van der Waals surface area contributed by atoms with E-state index < -0.39 is 23.6 Å². The number of carbonyl (C=O) groups is 3. The van der Waals surface area contributed by atoms with Gasteiger partial charge in [0.05, 0.1) is 0 Å². The number of hydrogen-bond donors (Lipinski definition) is 2. The lowest BCUT2D eigenvalue weighted by Gasteiger charge is -2.38. The van der Waals surface area contributed by atoms with Gasteiger partial charge in [0, 0.05) is 12.5 Å². The number of nitrogens with zero attached hydrogens (tertiary/aromatic N) is 1. The highest BCUT2D eigenvalue weighted by molar-refractivity contribution is 5.93. The van der Waals surface area contributed by atoms with Crippen LogP contribution in [0.5, 0.6) is 0 Å². The Hall–Kier alpha value is -3.35. The Bertz CT molecular complexity index is 1030. The first-order chi connectivity index (χ1) is 14.9. The van der Waals surface area contributed by atoms with Crippen molar-refractivity contribution in [3.8, 4) is 11.1 Å². The molecular formula is C24H24N2O5. The maximum absolute atomic E-state index is 12.8. The monoisotopic (exact) mass is 420 g/mol. The van der Waals surface area contributed by atoms with E-state index in [0.717, 1.165) is 22.3 Å². The van der Waals surface area contributed by atoms with Crippen molar-refractivity contribution < 1.29 is 24.2 Å². The first-order valence-corrected chi connectivity index (χ1v) is 10.6. The van der Waals surface area contributed by atoms with Crippen LogP contribution in [0.2, 0.25) is 0 Å². The molecule has 3 fully saturated rings. The highest BCUT2D eigenvalue weighted by Crippen LogP contribution is 2.51. The molecule has 2 heterocycles. The Labute approximate surface area is 180 Å².